The van der Waals surface area contributed by atoms with E-state index in [0.717, 1.165) is 11.3 Å². The molecule has 0 saturated heterocycles. The van der Waals surface area contributed by atoms with Crippen LogP contribution < -0.4 is 10.1 Å². The predicted octanol–water partition coefficient (Wildman–Crippen LogP) is 1.29. The minimum absolute atomic E-state index is 0.120. The highest BCUT2D eigenvalue weighted by molar-refractivity contribution is 5.25. The molecule has 0 radical (unpaired) electrons. The van der Waals surface area contributed by atoms with Crippen LogP contribution in [-0.2, 0) is 20.1 Å². The summed E-state index contributed by atoms with van der Waals surface area (Å²) in [6.45, 7) is 5.39. The molecule has 0 spiro atoms. The van der Waals surface area contributed by atoms with Crippen LogP contribution in [0, 0.1) is 0 Å². The zero-order valence-corrected chi connectivity index (χ0v) is 11.5. The van der Waals surface area contributed by atoms with Gasteiger partial charge in [0.2, 0.25) is 5.88 Å². The van der Waals surface area contributed by atoms with E-state index in [2.05, 4.69) is 20.6 Å². The zero-order valence-electron chi connectivity index (χ0n) is 11.5. The Kier molecular flexibility index (Phi) is 4.46. The molecule has 2 aromatic heterocycles. The van der Waals surface area contributed by atoms with E-state index in [1.54, 1.807) is 17.1 Å². The summed E-state index contributed by atoms with van der Waals surface area (Å²) < 4.78 is 7.43. The van der Waals surface area contributed by atoms with E-state index >= 15 is 0 Å². The van der Waals surface area contributed by atoms with Gasteiger partial charge in [0.05, 0.1) is 18.0 Å². The van der Waals surface area contributed by atoms with Crippen molar-refractivity contribution in [3.8, 4) is 5.88 Å². The SMILES string of the molecule is CC(C)Oc1ncccc1CNCc1cnnn1C. The van der Waals surface area contributed by atoms with Gasteiger partial charge in [0.1, 0.15) is 0 Å². The van der Waals surface area contributed by atoms with Crippen LogP contribution in [0.5, 0.6) is 5.88 Å². The zero-order chi connectivity index (χ0) is 13.7. The number of pyridine rings is 1. The number of nitrogens with one attached hydrogen (secondary N) is 1. The highest BCUT2D eigenvalue weighted by Crippen LogP contribution is 2.15. The molecule has 2 rings (SSSR count). The van der Waals surface area contributed by atoms with Crippen LogP contribution >= 0.6 is 0 Å². The van der Waals surface area contributed by atoms with E-state index < -0.39 is 0 Å². The first-order valence-electron chi connectivity index (χ1n) is 6.31. The first-order chi connectivity index (χ1) is 9.16. The first kappa shape index (κ1) is 13.5. The average Bonchev–Trinajstić information content (AvgIpc) is 2.77. The molecular formula is C13H19N5O. The molecule has 1 N–H and O–H groups in total. The van der Waals surface area contributed by atoms with Crippen LogP contribution in [0.15, 0.2) is 24.5 Å². The number of aryl methyl sites for hydroxylation is 1. The quantitative estimate of drug-likeness (QED) is 0.848. The molecule has 0 fully saturated rings. The smallest absolute Gasteiger partial charge is 0.218 e. The summed E-state index contributed by atoms with van der Waals surface area (Å²) in [6, 6.07) is 3.93. The molecule has 0 saturated carbocycles. The molecule has 0 bridgehead atoms. The van der Waals surface area contributed by atoms with Crippen LogP contribution in [0.25, 0.3) is 0 Å². The third-order valence-electron chi connectivity index (χ3n) is 2.63. The van der Waals surface area contributed by atoms with Crippen molar-refractivity contribution < 1.29 is 4.74 Å². The van der Waals surface area contributed by atoms with Gasteiger partial charge in [-0.25, -0.2) is 4.98 Å². The van der Waals surface area contributed by atoms with Crippen molar-refractivity contribution >= 4 is 0 Å². The lowest BCUT2D eigenvalue weighted by Gasteiger charge is -2.13. The van der Waals surface area contributed by atoms with Crippen molar-refractivity contribution in [1.29, 1.82) is 0 Å². The Hall–Kier alpha value is -1.95. The lowest BCUT2D eigenvalue weighted by molar-refractivity contribution is 0.229. The number of hydrogen-bond acceptors (Lipinski definition) is 5. The fourth-order valence-corrected chi connectivity index (χ4v) is 1.68. The molecule has 19 heavy (non-hydrogen) atoms. The Morgan fingerprint density at radius 3 is 2.89 bits per heavy atom. The summed E-state index contributed by atoms with van der Waals surface area (Å²) in [5, 5.41) is 11.1. The molecule has 0 aliphatic heterocycles. The van der Waals surface area contributed by atoms with Crippen molar-refractivity contribution in [1.82, 2.24) is 25.3 Å². The molecule has 102 valence electrons. The van der Waals surface area contributed by atoms with Gasteiger partial charge in [0.25, 0.3) is 0 Å². The molecule has 0 aliphatic rings. The topological polar surface area (TPSA) is 64.9 Å². The van der Waals surface area contributed by atoms with Crippen molar-refractivity contribution in [3.63, 3.8) is 0 Å². The summed E-state index contributed by atoms with van der Waals surface area (Å²) in [5.74, 6) is 0.688. The van der Waals surface area contributed by atoms with Gasteiger partial charge in [0, 0.05) is 31.9 Å². The minimum Gasteiger partial charge on any atom is -0.475 e. The molecule has 2 aromatic rings. The number of aromatic nitrogens is 4. The van der Waals surface area contributed by atoms with Gasteiger partial charge < -0.3 is 10.1 Å². The van der Waals surface area contributed by atoms with Gasteiger partial charge in [0.15, 0.2) is 0 Å². The average molecular weight is 261 g/mol. The maximum atomic E-state index is 5.68. The number of rotatable bonds is 6. The fourth-order valence-electron chi connectivity index (χ4n) is 1.68. The van der Waals surface area contributed by atoms with E-state index in [1.165, 1.54) is 0 Å². The van der Waals surface area contributed by atoms with Crippen molar-refractivity contribution in [2.45, 2.75) is 33.0 Å². The van der Waals surface area contributed by atoms with Crippen molar-refractivity contribution in [2.75, 3.05) is 0 Å². The van der Waals surface area contributed by atoms with Gasteiger partial charge in [-0.1, -0.05) is 11.3 Å². The Morgan fingerprint density at radius 2 is 2.21 bits per heavy atom. The normalized spacial score (nSPS) is 10.9. The van der Waals surface area contributed by atoms with Crippen molar-refractivity contribution in [3.05, 3.63) is 35.8 Å². The third kappa shape index (κ3) is 3.75. The summed E-state index contributed by atoms with van der Waals surface area (Å²) in [7, 11) is 1.88. The largest absolute Gasteiger partial charge is 0.475 e. The molecule has 0 aromatic carbocycles. The summed E-state index contributed by atoms with van der Waals surface area (Å²) >= 11 is 0. The van der Waals surface area contributed by atoms with Gasteiger partial charge in [-0.2, -0.15) is 0 Å². The second-order valence-corrected chi connectivity index (χ2v) is 4.59. The van der Waals surface area contributed by atoms with Crippen LogP contribution in [0.2, 0.25) is 0 Å². The third-order valence-corrected chi connectivity index (χ3v) is 2.63. The number of hydrogen-bond donors (Lipinski definition) is 1. The van der Waals surface area contributed by atoms with Gasteiger partial charge >= 0.3 is 0 Å². The van der Waals surface area contributed by atoms with Crippen molar-refractivity contribution in [2.24, 2.45) is 7.05 Å². The molecule has 2 heterocycles. The molecule has 6 nitrogen and oxygen atoms in total. The highest BCUT2D eigenvalue weighted by atomic mass is 16.5. The Bertz CT molecular complexity index is 523. The lowest BCUT2D eigenvalue weighted by atomic mass is 10.2. The summed E-state index contributed by atoms with van der Waals surface area (Å²) in [4.78, 5) is 4.26. The summed E-state index contributed by atoms with van der Waals surface area (Å²) in [5.41, 5.74) is 2.08. The van der Waals surface area contributed by atoms with Crippen LogP contribution in [0.4, 0.5) is 0 Å². The minimum atomic E-state index is 0.120. The second-order valence-electron chi connectivity index (χ2n) is 4.59. The number of ether oxygens (including phenoxy) is 1. The lowest BCUT2D eigenvalue weighted by Crippen LogP contribution is -2.17. The van der Waals surface area contributed by atoms with E-state index in [4.69, 9.17) is 4.74 Å². The highest BCUT2D eigenvalue weighted by Gasteiger charge is 2.07. The molecular weight excluding hydrogens is 242 g/mol. The maximum Gasteiger partial charge on any atom is 0.218 e. The molecule has 0 unspecified atom stereocenters. The molecule has 0 atom stereocenters. The second kappa shape index (κ2) is 6.29. The van der Waals surface area contributed by atoms with Crippen LogP contribution in [0.1, 0.15) is 25.1 Å². The summed E-state index contributed by atoms with van der Waals surface area (Å²) in [6.07, 6.45) is 3.61. The van der Waals surface area contributed by atoms with Gasteiger partial charge in [-0.15, -0.1) is 5.10 Å². The van der Waals surface area contributed by atoms with Crippen LogP contribution in [-0.4, -0.2) is 26.1 Å². The fraction of sp³-hybridized carbons (Fsp3) is 0.462. The first-order valence-corrected chi connectivity index (χ1v) is 6.31. The van der Waals surface area contributed by atoms with E-state index in [-0.39, 0.29) is 6.10 Å². The Labute approximate surface area is 112 Å². The van der Waals surface area contributed by atoms with E-state index in [0.29, 0.717) is 19.0 Å². The Balaban J connectivity index is 1.94. The predicted molar refractivity (Wildman–Crippen MR) is 71.5 cm³/mol. The Morgan fingerprint density at radius 1 is 1.37 bits per heavy atom. The van der Waals surface area contributed by atoms with E-state index in [1.807, 2.05) is 33.0 Å². The van der Waals surface area contributed by atoms with Crippen LogP contribution in [0.3, 0.4) is 0 Å². The maximum absolute atomic E-state index is 5.68. The molecule has 6 heteroatoms. The standard InChI is InChI=1S/C13H19N5O/c1-10(2)19-13-11(5-4-6-15-13)7-14-8-12-9-16-17-18(12)3/h4-6,9-10,14H,7-8H2,1-3H3. The van der Waals surface area contributed by atoms with Gasteiger partial charge in [-0.3, -0.25) is 4.68 Å². The molecule has 0 amide bonds. The van der Waals surface area contributed by atoms with Gasteiger partial charge in [-0.05, 0) is 19.9 Å². The monoisotopic (exact) mass is 261 g/mol. The van der Waals surface area contributed by atoms with E-state index in [9.17, 15) is 0 Å². The molecule has 0 aliphatic carbocycles. The number of nitrogens with zero attached hydrogens (tertiary/aromatic N) is 4.